The number of hydrogen-bond donors (Lipinski definition) is 2. The van der Waals surface area contributed by atoms with Crippen molar-refractivity contribution in [3.8, 4) is 0 Å². The number of anilines is 1. The van der Waals surface area contributed by atoms with E-state index in [-0.39, 0.29) is 0 Å². The molecule has 1 aliphatic heterocycles. The number of thiazole rings is 1. The lowest BCUT2D eigenvalue weighted by Crippen LogP contribution is -2.46. The number of hydrogen-bond acceptors (Lipinski definition) is 4. The van der Waals surface area contributed by atoms with Gasteiger partial charge in [0.2, 0.25) is 0 Å². The van der Waals surface area contributed by atoms with Crippen LogP contribution in [0.25, 0.3) is 0 Å². The Bertz CT molecular complexity index is 297. The maximum atomic E-state index is 4.42. The van der Waals surface area contributed by atoms with E-state index in [2.05, 4.69) is 27.9 Å². The van der Waals surface area contributed by atoms with Crippen LogP contribution in [0.3, 0.4) is 0 Å². The third kappa shape index (κ3) is 2.25. The van der Waals surface area contributed by atoms with Crippen LogP contribution in [0.15, 0.2) is 5.38 Å². The first-order valence-electron chi connectivity index (χ1n) is 5.18. The maximum absolute atomic E-state index is 4.42. The Hall–Kier alpha value is -0.610. The number of aryl methyl sites for hydroxylation is 1. The van der Waals surface area contributed by atoms with E-state index in [1.165, 1.54) is 12.8 Å². The first kappa shape index (κ1) is 9.93. The zero-order chi connectivity index (χ0) is 9.97. The molecule has 0 amide bonds. The number of aromatic nitrogens is 1. The molecule has 0 spiro atoms. The maximum Gasteiger partial charge on any atom is 0.183 e. The van der Waals surface area contributed by atoms with E-state index < -0.39 is 0 Å². The van der Waals surface area contributed by atoms with Gasteiger partial charge in [-0.15, -0.1) is 11.3 Å². The minimum Gasteiger partial charge on any atom is -0.357 e. The van der Waals surface area contributed by atoms with E-state index >= 15 is 0 Å². The highest BCUT2D eigenvalue weighted by Gasteiger charge is 2.20. The topological polar surface area (TPSA) is 37.0 Å². The average molecular weight is 211 g/mol. The van der Waals surface area contributed by atoms with Gasteiger partial charge in [0, 0.05) is 17.5 Å². The Morgan fingerprint density at radius 3 is 3.14 bits per heavy atom. The summed E-state index contributed by atoms with van der Waals surface area (Å²) in [5.41, 5.74) is 1.11. The number of piperidine rings is 1. The molecule has 0 bridgehead atoms. The van der Waals surface area contributed by atoms with Crippen molar-refractivity contribution < 1.29 is 0 Å². The second-order valence-corrected chi connectivity index (χ2v) is 4.79. The molecule has 0 aromatic carbocycles. The summed E-state index contributed by atoms with van der Waals surface area (Å²) in [7, 11) is 0. The van der Waals surface area contributed by atoms with Gasteiger partial charge in [0.05, 0.1) is 5.69 Å². The third-order valence-corrected chi connectivity index (χ3v) is 3.58. The summed E-state index contributed by atoms with van der Waals surface area (Å²) in [5.74, 6) is 0. The predicted octanol–water partition coefficient (Wildman–Crippen LogP) is 2.00. The molecule has 2 N–H and O–H groups in total. The third-order valence-electron chi connectivity index (χ3n) is 2.69. The SMILES string of the molecule is Cc1csc(NC2CCCNC2C)n1. The fourth-order valence-corrected chi connectivity index (χ4v) is 2.57. The van der Waals surface area contributed by atoms with Gasteiger partial charge in [-0.2, -0.15) is 0 Å². The molecule has 3 nitrogen and oxygen atoms in total. The van der Waals surface area contributed by atoms with Gasteiger partial charge in [-0.1, -0.05) is 0 Å². The van der Waals surface area contributed by atoms with Gasteiger partial charge in [0.1, 0.15) is 0 Å². The first-order valence-corrected chi connectivity index (χ1v) is 6.06. The normalized spacial score (nSPS) is 27.6. The molecule has 0 radical (unpaired) electrons. The van der Waals surface area contributed by atoms with Crippen molar-refractivity contribution in [1.82, 2.24) is 10.3 Å². The Kier molecular flexibility index (Phi) is 3.03. The summed E-state index contributed by atoms with van der Waals surface area (Å²) in [6.45, 7) is 5.41. The Morgan fingerprint density at radius 2 is 2.50 bits per heavy atom. The molecule has 2 heterocycles. The second kappa shape index (κ2) is 4.28. The molecule has 1 aliphatic rings. The van der Waals surface area contributed by atoms with Crippen LogP contribution in [-0.2, 0) is 0 Å². The van der Waals surface area contributed by atoms with Crippen molar-refractivity contribution in [2.75, 3.05) is 11.9 Å². The largest absolute Gasteiger partial charge is 0.357 e. The van der Waals surface area contributed by atoms with Crippen LogP contribution in [0.5, 0.6) is 0 Å². The fraction of sp³-hybridized carbons (Fsp3) is 0.700. The molecule has 1 aromatic rings. The van der Waals surface area contributed by atoms with Crippen molar-refractivity contribution in [1.29, 1.82) is 0 Å². The lowest BCUT2D eigenvalue weighted by Gasteiger charge is -2.30. The molecular formula is C10H17N3S. The Balaban J connectivity index is 1.95. The van der Waals surface area contributed by atoms with E-state index in [9.17, 15) is 0 Å². The number of rotatable bonds is 2. The summed E-state index contributed by atoms with van der Waals surface area (Å²) in [6.07, 6.45) is 2.50. The van der Waals surface area contributed by atoms with Crippen molar-refractivity contribution in [2.45, 2.75) is 38.8 Å². The van der Waals surface area contributed by atoms with E-state index in [1.54, 1.807) is 11.3 Å². The van der Waals surface area contributed by atoms with Gasteiger partial charge in [-0.3, -0.25) is 0 Å². The first-order chi connectivity index (χ1) is 6.75. The molecule has 2 rings (SSSR count). The summed E-state index contributed by atoms with van der Waals surface area (Å²) < 4.78 is 0. The standard InChI is InChI=1S/C10H17N3S/c1-7-6-14-10(12-7)13-9-4-3-5-11-8(9)2/h6,8-9,11H,3-5H2,1-2H3,(H,12,13). The van der Waals surface area contributed by atoms with Crippen molar-refractivity contribution in [2.24, 2.45) is 0 Å². The van der Waals surface area contributed by atoms with Crippen LogP contribution < -0.4 is 10.6 Å². The Labute approximate surface area is 88.9 Å². The average Bonchev–Trinajstić information content (AvgIpc) is 2.56. The van der Waals surface area contributed by atoms with Gasteiger partial charge >= 0.3 is 0 Å². The smallest absolute Gasteiger partial charge is 0.183 e. The fourth-order valence-electron chi connectivity index (χ4n) is 1.82. The molecular weight excluding hydrogens is 194 g/mol. The highest BCUT2D eigenvalue weighted by Crippen LogP contribution is 2.19. The van der Waals surface area contributed by atoms with E-state index in [0.717, 1.165) is 17.4 Å². The highest BCUT2D eigenvalue weighted by molar-refractivity contribution is 7.13. The molecule has 4 heteroatoms. The minimum atomic E-state index is 0.536. The van der Waals surface area contributed by atoms with Crippen LogP contribution in [0.1, 0.15) is 25.5 Å². The van der Waals surface area contributed by atoms with Crippen molar-refractivity contribution in [3.05, 3.63) is 11.1 Å². The van der Waals surface area contributed by atoms with Crippen molar-refractivity contribution in [3.63, 3.8) is 0 Å². The van der Waals surface area contributed by atoms with Crippen LogP contribution in [-0.4, -0.2) is 23.6 Å². The van der Waals surface area contributed by atoms with Crippen LogP contribution in [0.2, 0.25) is 0 Å². The van der Waals surface area contributed by atoms with Crippen LogP contribution in [0, 0.1) is 6.92 Å². The monoisotopic (exact) mass is 211 g/mol. The molecule has 1 aromatic heterocycles. The lowest BCUT2D eigenvalue weighted by molar-refractivity contribution is 0.389. The summed E-state index contributed by atoms with van der Waals surface area (Å²) in [4.78, 5) is 4.42. The predicted molar refractivity (Wildman–Crippen MR) is 61.0 cm³/mol. The van der Waals surface area contributed by atoms with Gasteiger partial charge in [-0.25, -0.2) is 4.98 Å². The van der Waals surface area contributed by atoms with Gasteiger partial charge in [0.25, 0.3) is 0 Å². The molecule has 1 saturated heterocycles. The molecule has 14 heavy (non-hydrogen) atoms. The quantitative estimate of drug-likeness (QED) is 0.785. The molecule has 0 saturated carbocycles. The highest BCUT2D eigenvalue weighted by atomic mass is 32.1. The van der Waals surface area contributed by atoms with Gasteiger partial charge < -0.3 is 10.6 Å². The minimum absolute atomic E-state index is 0.536. The molecule has 1 fully saturated rings. The zero-order valence-corrected chi connectivity index (χ0v) is 9.53. The second-order valence-electron chi connectivity index (χ2n) is 3.93. The van der Waals surface area contributed by atoms with E-state index in [4.69, 9.17) is 0 Å². The number of nitrogens with zero attached hydrogens (tertiary/aromatic N) is 1. The van der Waals surface area contributed by atoms with Crippen LogP contribution in [0.4, 0.5) is 5.13 Å². The molecule has 0 aliphatic carbocycles. The van der Waals surface area contributed by atoms with E-state index in [1.807, 2.05) is 6.92 Å². The molecule has 78 valence electrons. The molecule has 2 unspecified atom stereocenters. The van der Waals surface area contributed by atoms with Gasteiger partial charge in [0.15, 0.2) is 5.13 Å². The Morgan fingerprint density at radius 1 is 1.64 bits per heavy atom. The van der Waals surface area contributed by atoms with Gasteiger partial charge in [-0.05, 0) is 33.2 Å². The summed E-state index contributed by atoms with van der Waals surface area (Å²) in [5, 5.41) is 10.1. The summed E-state index contributed by atoms with van der Waals surface area (Å²) >= 11 is 1.70. The zero-order valence-electron chi connectivity index (χ0n) is 8.71. The van der Waals surface area contributed by atoms with E-state index in [0.29, 0.717) is 12.1 Å². The summed E-state index contributed by atoms with van der Waals surface area (Å²) in [6, 6.07) is 1.09. The molecule has 2 atom stereocenters. The number of nitrogens with one attached hydrogen (secondary N) is 2. The van der Waals surface area contributed by atoms with Crippen LogP contribution >= 0.6 is 11.3 Å². The lowest BCUT2D eigenvalue weighted by atomic mass is 10.0. The van der Waals surface area contributed by atoms with Crippen molar-refractivity contribution >= 4 is 16.5 Å².